The third-order valence-corrected chi connectivity index (χ3v) is 4.08. The number of hydrogen-bond donors (Lipinski definition) is 0. The van der Waals surface area contributed by atoms with Crippen LogP contribution in [0.5, 0.6) is 0 Å². The summed E-state index contributed by atoms with van der Waals surface area (Å²) in [6, 6.07) is 0. The van der Waals surface area contributed by atoms with Gasteiger partial charge in [0.25, 0.3) is 0 Å². The summed E-state index contributed by atoms with van der Waals surface area (Å²) in [6.07, 6.45) is 9.28. The molecule has 0 radical (unpaired) electrons. The molecule has 0 unspecified atom stereocenters. The van der Waals surface area contributed by atoms with Gasteiger partial charge in [-0.05, 0) is 0 Å². The van der Waals surface area contributed by atoms with E-state index in [1.165, 1.54) is 40.3 Å². The molecule has 0 heterocycles. The van der Waals surface area contributed by atoms with Crippen molar-refractivity contribution in [1.29, 1.82) is 0 Å². The summed E-state index contributed by atoms with van der Waals surface area (Å²) in [5.41, 5.74) is 0.422. The van der Waals surface area contributed by atoms with Gasteiger partial charge in [-0.15, -0.1) is 0 Å². The van der Waals surface area contributed by atoms with E-state index < -0.39 is 12.3 Å². The van der Waals surface area contributed by atoms with Crippen molar-refractivity contribution < 1.29 is 12.3 Å². The van der Waals surface area contributed by atoms with Crippen molar-refractivity contribution in [2.45, 2.75) is 52.9 Å². The molecule has 0 atom stereocenters. The van der Waals surface area contributed by atoms with Gasteiger partial charge in [-0.2, -0.15) is 11.3 Å². The van der Waals surface area contributed by atoms with E-state index in [9.17, 15) is 0 Å². The quantitative estimate of drug-likeness (QED) is 0.403. The van der Waals surface area contributed by atoms with Crippen molar-refractivity contribution in [1.82, 2.24) is 0 Å². The maximum atomic E-state index is 4.95. The Hall–Kier alpha value is 1.62. The van der Waals surface area contributed by atoms with Crippen molar-refractivity contribution in [3.05, 3.63) is 6.16 Å². The van der Waals surface area contributed by atoms with Crippen LogP contribution in [-0.2, 0) is 12.3 Å². The molecule has 1 rings (SSSR count). The summed E-state index contributed by atoms with van der Waals surface area (Å²) in [5.74, 6) is 4.34. The van der Waals surface area contributed by atoms with Gasteiger partial charge in [0.15, 0.2) is 0 Å². The van der Waals surface area contributed by atoms with E-state index in [0.717, 1.165) is 0 Å². The summed E-state index contributed by atoms with van der Waals surface area (Å²) in [4.78, 5) is 0. The van der Waals surface area contributed by atoms with Crippen molar-refractivity contribution in [2.24, 2.45) is 11.3 Å². The van der Waals surface area contributed by atoms with Gasteiger partial charge < -0.3 is 20.2 Å². The molecular formula is C12H21Cl3PV-2. The SMILES string of the molecule is CC(C)[CH-]P=[C-]C1(C)CCCCC1.[Cl][V]([Cl])[Cl]. The van der Waals surface area contributed by atoms with Crippen LogP contribution in [0.15, 0.2) is 0 Å². The van der Waals surface area contributed by atoms with Gasteiger partial charge in [-0.25, -0.2) is 0 Å². The minimum absolute atomic E-state index is 0.422. The molecule has 1 fully saturated rings. The summed E-state index contributed by atoms with van der Waals surface area (Å²) in [7, 11) is 16.2. The molecule has 0 spiro atoms. The predicted octanol–water partition coefficient (Wildman–Crippen LogP) is 6.47. The van der Waals surface area contributed by atoms with E-state index in [4.69, 9.17) is 29.5 Å². The molecule has 0 amide bonds. The summed E-state index contributed by atoms with van der Waals surface area (Å²) < 4.78 is 0. The zero-order valence-corrected chi connectivity index (χ0v) is 15.3. The molecule has 0 aromatic rings. The van der Waals surface area contributed by atoms with Crippen LogP contribution in [-0.4, -0.2) is 5.80 Å². The zero-order valence-electron chi connectivity index (χ0n) is 10.7. The van der Waals surface area contributed by atoms with Crippen LogP contribution >= 0.6 is 37.7 Å². The van der Waals surface area contributed by atoms with E-state index in [-0.39, 0.29) is 0 Å². The molecule has 0 N–H and O–H groups in total. The van der Waals surface area contributed by atoms with Crippen LogP contribution in [0, 0.1) is 17.5 Å². The topological polar surface area (TPSA) is 0 Å². The number of hydrogen-bond acceptors (Lipinski definition) is 0. The average Bonchev–Trinajstić information content (AvgIpc) is 2.16. The zero-order chi connectivity index (χ0) is 13.3. The molecule has 0 aromatic carbocycles. The first-order valence-electron chi connectivity index (χ1n) is 5.93. The number of halogens is 3. The predicted molar refractivity (Wildman–Crippen MR) is 79.8 cm³/mol. The van der Waals surface area contributed by atoms with E-state index >= 15 is 0 Å². The van der Waals surface area contributed by atoms with Crippen molar-refractivity contribution in [2.75, 3.05) is 0 Å². The van der Waals surface area contributed by atoms with Gasteiger partial charge in [0, 0.05) is 0 Å². The van der Waals surface area contributed by atoms with E-state index in [1.807, 2.05) is 0 Å². The molecule has 17 heavy (non-hydrogen) atoms. The molecule has 0 aromatic heterocycles. The molecule has 1 aliphatic carbocycles. The second kappa shape index (κ2) is 10.4. The molecule has 0 saturated heterocycles. The van der Waals surface area contributed by atoms with Gasteiger partial charge in [-0.3, -0.25) is 0 Å². The molecule has 1 aliphatic rings. The summed E-state index contributed by atoms with van der Waals surface area (Å²) in [6.45, 7) is 6.84. The molecule has 0 nitrogen and oxygen atoms in total. The Balaban J connectivity index is 0.000000557. The Morgan fingerprint density at radius 3 is 2.06 bits per heavy atom. The van der Waals surface area contributed by atoms with Crippen LogP contribution in [0.3, 0.4) is 0 Å². The van der Waals surface area contributed by atoms with Gasteiger partial charge in [0.05, 0.1) is 0 Å². The maximum absolute atomic E-state index is 4.95. The first-order valence-corrected chi connectivity index (χ1v) is 12.7. The molecule has 1 saturated carbocycles. The first-order chi connectivity index (χ1) is 7.86. The standard InChI is InChI=1S/C12H21P.3ClH.V/c1-11(2)9-13-10-12(3)7-5-4-6-8-12;;;;/h9,11H,4-8H2,1-3H3;3*1H;/q-2;;;;+3/p-3. The second-order valence-corrected chi connectivity index (χ2v) is 12.6. The summed E-state index contributed by atoms with van der Waals surface area (Å²) >= 11 is -1.77. The van der Waals surface area contributed by atoms with Crippen LogP contribution in [0.2, 0.25) is 0 Å². The third kappa shape index (κ3) is 12.4. The van der Waals surface area contributed by atoms with Gasteiger partial charge >= 0.3 is 41.8 Å². The van der Waals surface area contributed by atoms with E-state index in [2.05, 4.69) is 32.7 Å². The minimum atomic E-state index is -1.77. The van der Waals surface area contributed by atoms with Crippen molar-refractivity contribution in [3.8, 4) is 0 Å². The second-order valence-electron chi connectivity index (χ2n) is 4.95. The van der Waals surface area contributed by atoms with Gasteiger partial charge in [0.2, 0.25) is 0 Å². The normalized spacial score (nSPS) is 19.5. The molecule has 102 valence electrons. The van der Waals surface area contributed by atoms with Crippen molar-refractivity contribution in [3.63, 3.8) is 0 Å². The Kier molecular flexibility index (Phi) is 11.4. The summed E-state index contributed by atoms with van der Waals surface area (Å²) in [5, 5.41) is 0. The first kappa shape index (κ1) is 18.6. The molecule has 0 aliphatic heterocycles. The third-order valence-electron chi connectivity index (χ3n) is 2.66. The molecule has 0 bridgehead atoms. The van der Waals surface area contributed by atoms with E-state index in [1.54, 1.807) is 0 Å². The van der Waals surface area contributed by atoms with Crippen molar-refractivity contribution >= 4 is 43.5 Å². The fourth-order valence-corrected chi connectivity index (χ4v) is 2.69. The Labute approximate surface area is 125 Å². The Bertz CT molecular complexity index is 211. The fraction of sp³-hybridized carbons (Fsp3) is 0.833. The van der Waals surface area contributed by atoms with E-state index in [0.29, 0.717) is 11.3 Å². The van der Waals surface area contributed by atoms with Crippen LogP contribution in [0.1, 0.15) is 52.9 Å². The molecular weight excluding hydrogens is 332 g/mol. The fourth-order valence-electron chi connectivity index (χ4n) is 1.79. The Morgan fingerprint density at radius 1 is 1.18 bits per heavy atom. The van der Waals surface area contributed by atoms with Crippen LogP contribution in [0.25, 0.3) is 0 Å². The van der Waals surface area contributed by atoms with Crippen LogP contribution < -0.4 is 0 Å². The monoisotopic (exact) mass is 352 g/mol. The average molecular weight is 354 g/mol. The number of rotatable bonds is 3. The van der Waals surface area contributed by atoms with Gasteiger partial charge in [0.1, 0.15) is 0 Å². The Morgan fingerprint density at radius 2 is 1.65 bits per heavy atom. The van der Waals surface area contributed by atoms with Crippen LogP contribution in [0.4, 0.5) is 0 Å². The van der Waals surface area contributed by atoms with Gasteiger partial charge in [-0.1, -0.05) is 52.9 Å². The molecule has 5 heteroatoms.